The monoisotopic (exact) mass is 266 g/mol. The SMILES string of the molecule is CCC1CNC(C(C)C)CN1Cc1cscc1C. The van der Waals surface area contributed by atoms with Crippen LogP contribution in [-0.2, 0) is 6.54 Å². The van der Waals surface area contributed by atoms with Crippen LogP contribution in [0.3, 0.4) is 0 Å². The third-order valence-electron chi connectivity index (χ3n) is 4.17. The summed E-state index contributed by atoms with van der Waals surface area (Å²) >= 11 is 1.83. The van der Waals surface area contributed by atoms with Crippen molar-refractivity contribution in [2.24, 2.45) is 5.92 Å². The molecule has 3 heteroatoms. The molecule has 0 bridgehead atoms. The first-order valence-electron chi connectivity index (χ1n) is 7.11. The predicted molar refractivity (Wildman–Crippen MR) is 80.2 cm³/mol. The number of hydrogen-bond acceptors (Lipinski definition) is 3. The topological polar surface area (TPSA) is 15.3 Å². The van der Waals surface area contributed by atoms with Gasteiger partial charge in [-0.15, -0.1) is 0 Å². The quantitative estimate of drug-likeness (QED) is 0.900. The largest absolute Gasteiger partial charge is 0.311 e. The Labute approximate surface area is 115 Å². The van der Waals surface area contributed by atoms with Gasteiger partial charge in [0.25, 0.3) is 0 Å². The Kier molecular flexibility index (Phi) is 4.82. The van der Waals surface area contributed by atoms with Crippen molar-refractivity contribution in [2.45, 2.75) is 52.7 Å². The average Bonchev–Trinajstić information content (AvgIpc) is 2.75. The Balaban J connectivity index is 2.04. The Bertz CT molecular complexity index is 372. The Morgan fingerprint density at radius 3 is 2.78 bits per heavy atom. The molecule has 2 unspecified atom stereocenters. The van der Waals surface area contributed by atoms with E-state index in [1.807, 2.05) is 11.3 Å². The first-order valence-corrected chi connectivity index (χ1v) is 8.05. The molecule has 1 aliphatic heterocycles. The summed E-state index contributed by atoms with van der Waals surface area (Å²) in [4.78, 5) is 2.68. The maximum absolute atomic E-state index is 3.70. The van der Waals surface area contributed by atoms with Crippen LogP contribution in [0.25, 0.3) is 0 Å². The molecule has 2 nitrogen and oxygen atoms in total. The van der Waals surface area contributed by atoms with Gasteiger partial charge in [-0.3, -0.25) is 4.90 Å². The lowest BCUT2D eigenvalue weighted by atomic mass is 9.98. The van der Waals surface area contributed by atoms with Crippen molar-refractivity contribution >= 4 is 11.3 Å². The highest BCUT2D eigenvalue weighted by atomic mass is 32.1. The van der Waals surface area contributed by atoms with Gasteiger partial charge in [0.2, 0.25) is 0 Å². The first-order chi connectivity index (χ1) is 8.61. The molecule has 0 radical (unpaired) electrons. The molecule has 0 spiro atoms. The second-order valence-corrected chi connectivity index (χ2v) is 6.57. The van der Waals surface area contributed by atoms with Crippen LogP contribution >= 0.6 is 11.3 Å². The van der Waals surface area contributed by atoms with Crippen molar-refractivity contribution in [2.75, 3.05) is 13.1 Å². The van der Waals surface area contributed by atoms with E-state index in [1.165, 1.54) is 24.1 Å². The van der Waals surface area contributed by atoms with E-state index >= 15 is 0 Å². The Morgan fingerprint density at radius 1 is 1.44 bits per heavy atom. The molecule has 0 saturated carbocycles. The minimum atomic E-state index is 0.645. The number of nitrogens with zero attached hydrogens (tertiary/aromatic N) is 1. The minimum absolute atomic E-state index is 0.645. The molecule has 0 amide bonds. The van der Waals surface area contributed by atoms with Gasteiger partial charge in [0.05, 0.1) is 0 Å². The summed E-state index contributed by atoms with van der Waals surface area (Å²) in [6.45, 7) is 12.6. The molecule has 1 fully saturated rings. The van der Waals surface area contributed by atoms with Gasteiger partial charge in [0.1, 0.15) is 0 Å². The molecule has 2 atom stereocenters. The van der Waals surface area contributed by atoms with Crippen LogP contribution in [0.2, 0.25) is 0 Å². The Hall–Kier alpha value is -0.380. The van der Waals surface area contributed by atoms with Crippen molar-refractivity contribution in [3.8, 4) is 0 Å². The van der Waals surface area contributed by atoms with E-state index in [-0.39, 0.29) is 0 Å². The van der Waals surface area contributed by atoms with Crippen LogP contribution in [0.1, 0.15) is 38.3 Å². The van der Waals surface area contributed by atoms with Crippen molar-refractivity contribution in [3.05, 3.63) is 21.9 Å². The number of rotatable bonds is 4. The van der Waals surface area contributed by atoms with E-state index in [9.17, 15) is 0 Å². The van der Waals surface area contributed by atoms with Crippen LogP contribution in [0, 0.1) is 12.8 Å². The van der Waals surface area contributed by atoms with Gasteiger partial charge in [-0.2, -0.15) is 11.3 Å². The standard InChI is InChI=1S/C15H26N2S/c1-5-14-6-16-15(11(2)3)8-17(14)7-13-10-18-9-12(13)4/h9-11,14-16H,5-8H2,1-4H3. The number of thiophene rings is 1. The fourth-order valence-electron chi connectivity index (χ4n) is 2.69. The molecule has 18 heavy (non-hydrogen) atoms. The maximum atomic E-state index is 3.70. The molecule has 0 aliphatic carbocycles. The Morgan fingerprint density at radius 2 is 2.22 bits per heavy atom. The van der Waals surface area contributed by atoms with Crippen LogP contribution in [0.5, 0.6) is 0 Å². The van der Waals surface area contributed by atoms with Gasteiger partial charge >= 0.3 is 0 Å². The molecule has 1 aliphatic rings. The van der Waals surface area contributed by atoms with Crippen LogP contribution in [0.4, 0.5) is 0 Å². The highest BCUT2D eigenvalue weighted by Crippen LogP contribution is 2.21. The molecular weight excluding hydrogens is 240 g/mol. The van der Waals surface area contributed by atoms with E-state index in [0.717, 1.165) is 13.1 Å². The van der Waals surface area contributed by atoms with Crippen molar-refractivity contribution in [1.82, 2.24) is 10.2 Å². The highest BCUT2D eigenvalue weighted by molar-refractivity contribution is 7.08. The molecule has 102 valence electrons. The van der Waals surface area contributed by atoms with Gasteiger partial charge < -0.3 is 5.32 Å². The second kappa shape index (κ2) is 6.18. The molecule has 2 rings (SSSR count). The summed E-state index contributed by atoms with van der Waals surface area (Å²) in [5.41, 5.74) is 2.97. The van der Waals surface area contributed by atoms with Crippen molar-refractivity contribution in [1.29, 1.82) is 0 Å². The number of hydrogen-bond donors (Lipinski definition) is 1. The minimum Gasteiger partial charge on any atom is -0.311 e. The summed E-state index contributed by atoms with van der Waals surface area (Å²) in [5.74, 6) is 0.717. The van der Waals surface area contributed by atoms with Gasteiger partial charge in [-0.1, -0.05) is 20.8 Å². The highest BCUT2D eigenvalue weighted by Gasteiger charge is 2.28. The van der Waals surface area contributed by atoms with Gasteiger partial charge in [-0.05, 0) is 41.1 Å². The van der Waals surface area contributed by atoms with Crippen LogP contribution in [-0.4, -0.2) is 30.1 Å². The van der Waals surface area contributed by atoms with Gasteiger partial charge in [-0.25, -0.2) is 0 Å². The second-order valence-electron chi connectivity index (χ2n) is 5.83. The van der Waals surface area contributed by atoms with Crippen molar-refractivity contribution in [3.63, 3.8) is 0 Å². The fraction of sp³-hybridized carbons (Fsp3) is 0.733. The lowest BCUT2D eigenvalue weighted by Crippen LogP contribution is -2.57. The van der Waals surface area contributed by atoms with Gasteiger partial charge in [0.15, 0.2) is 0 Å². The summed E-state index contributed by atoms with van der Waals surface area (Å²) in [6.07, 6.45) is 1.24. The molecular formula is C15H26N2S. The summed E-state index contributed by atoms with van der Waals surface area (Å²) in [5, 5.41) is 8.28. The maximum Gasteiger partial charge on any atom is 0.0248 e. The third kappa shape index (κ3) is 3.14. The third-order valence-corrected chi connectivity index (χ3v) is 5.08. The molecule has 0 aromatic carbocycles. The zero-order valence-corrected chi connectivity index (χ0v) is 12.9. The van der Waals surface area contributed by atoms with Crippen LogP contribution in [0.15, 0.2) is 10.8 Å². The predicted octanol–water partition coefficient (Wildman–Crippen LogP) is 3.26. The zero-order valence-electron chi connectivity index (χ0n) is 12.1. The number of aryl methyl sites for hydroxylation is 1. The number of piperazine rings is 1. The van der Waals surface area contributed by atoms with E-state index in [4.69, 9.17) is 0 Å². The van der Waals surface area contributed by atoms with E-state index in [1.54, 1.807) is 0 Å². The summed E-state index contributed by atoms with van der Waals surface area (Å²) in [6, 6.07) is 1.34. The van der Waals surface area contributed by atoms with E-state index in [0.29, 0.717) is 18.0 Å². The van der Waals surface area contributed by atoms with Crippen molar-refractivity contribution < 1.29 is 0 Å². The van der Waals surface area contributed by atoms with Crippen LogP contribution < -0.4 is 5.32 Å². The van der Waals surface area contributed by atoms with E-state index < -0.39 is 0 Å². The summed E-state index contributed by atoms with van der Waals surface area (Å²) < 4.78 is 0. The smallest absolute Gasteiger partial charge is 0.0248 e. The average molecular weight is 266 g/mol. The summed E-state index contributed by atoms with van der Waals surface area (Å²) in [7, 11) is 0. The zero-order chi connectivity index (χ0) is 13.1. The normalized spacial score (nSPS) is 25.8. The fourth-order valence-corrected chi connectivity index (χ4v) is 3.54. The molecule has 1 saturated heterocycles. The molecule has 2 heterocycles. The van der Waals surface area contributed by atoms with E-state index in [2.05, 4.69) is 48.7 Å². The first kappa shape index (κ1) is 14.0. The molecule has 1 aromatic rings. The lowest BCUT2D eigenvalue weighted by Gasteiger charge is -2.41. The number of nitrogens with one attached hydrogen (secondary N) is 1. The van der Waals surface area contributed by atoms with Gasteiger partial charge in [0, 0.05) is 31.7 Å². The lowest BCUT2D eigenvalue weighted by molar-refractivity contribution is 0.103. The molecule has 1 aromatic heterocycles. The molecule has 1 N–H and O–H groups in total.